The van der Waals surface area contributed by atoms with Gasteiger partial charge in [0.2, 0.25) is 0 Å². The molecule has 1 aromatic carbocycles. The van der Waals surface area contributed by atoms with Gasteiger partial charge in [0.15, 0.2) is 5.82 Å². The van der Waals surface area contributed by atoms with Gasteiger partial charge >= 0.3 is 0 Å². The molecule has 1 fully saturated rings. The number of unbranched alkanes of at least 4 members (excludes halogenated alkanes) is 5. The van der Waals surface area contributed by atoms with Crippen molar-refractivity contribution < 1.29 is 4.74 Å². The van der Waals surface area contributed by atoms with Gasteiger partial charge in [-0.05, 0) is 50.1 Å². The zero-order valence-corrected chi connectivity index (χ0v) is 18.1. The molecule has 5 nitrogen and oxygen atoms in total. The van der Waals surface area contributed by atoms with Crippen molar-refractivity contribution in [3.8, 4) is 17.0 Å². The Morgan fingerprint density at radius 2 is 1.86 bits per heavy atom. The second-order valence-corrected chi connectivity index (χ2v) is 7.98. The Hall–Kier alpha value is -2.14. The van der Waals surface area contributed by atoms with Crippen LogP contribution in [0.3, 0.4) is 0 Å². The fraction of sp³-hybridized carbons (Fsp3) is 0.583. The number of ether oxygens (including phenoxy) is 1. The Morgan fingerprint density at radius 3 is 2.66 bits per heavy atom. The van der Waals surface area contributed by atoms with E-state index in [0.29, 0.717) is 6.04 Å². The Balaban J connectivity index is 1.49. The summed E-state index contributed by atoms with van der Waals surface area (Å²) in [6, 6.07) is 12.6. The van der Waals surface area contributed by atoms with Crippen LogP contribution >= 0.6 is 0 Å². The predicted octanol–water partition coefficient (Wildman–Crippen LogP) is 5.07. The zero-order chi connectivity index (χ0) is 20.3. The van der Waals surface area contributed by atoms with Gasteiger partial charge in [0.25, 0.3) is 0 Å². The summed E-state index contributed by atoms with van der Waals surface area (Å²) in [4.78, 5) is 2.36. The van der Waals surface area contributed by atoms with E-state index in [4.69, 9.17) is 4.74 Å². The second kappa shape index (κ2) is 11.8. The molecule has 158 valence electrons. The van der Waals surface area contributed by atoms with Gasteiger partial charge in [-0.3, -0.25) is 0 Å². The van der Waals surface area contributed by atoms with E-state index in [-0.39, 0.29) is 0 Å². The maximum absolute atomic E-state index is 5.45. The van der Waals surface area contributed by atoms with E-state index in [1.807, 2.05) is 30.3 Å². The van der Waals surface area contributed by atoms with Crippen molar-refractivity contribution in [3.63, 3.8) is 0 Å². The molecule has 0 aliphatic carbocycles. The molecule has 2 aromatic rings. The first-order valence-corrected chi connectivity index (χ1v) is 11.3. The van der Waals surface area contributed by atoms with Crippen LogP contribution in [-0.4, -0.2) is 43.0 Å². The summed E-state index contributed by atoms with van der Waals surface area (Å²) in [5.41, 5.74) is 1.83. The van der Waals surface area contributed by atoms with Crippen molar-refractivity contribution in [2.75, 3.05) is 31.6 Å². The molecule has 29 heavy (non-hydrogen) atoms. The molecule has 1 saturated heterocycles. The number of nitrogens with one attached hydrogen (secondary N) is 1. The van der Waals surface area contributed by atoms with Gasteiger partial charge in [-0.15, -0.1) is 10.2 Å². The molecule has 0 amide bonds. The average Bonchev–Trinajstić information content (AvgIpc) is 2.79. The van der Waals surface area contributed by atoms with Gasteiger partial charge in [0.05, 0.1) is 12.8 Å². The van der Waals surface area contributed by atoms with Crippen LogP contribution < -0.4 is 15.0 Å². The van der Waals surface area contributed by atoms with Gasteiger partial charge in [-0.25, -0.2) is 0 Å². The van der Waals surface area contributed by atoms with Crippen LogP contribution in [0.2, 0.25) is 0 Å². The van der Waals surface area contributed by atoms with Crippen molar-refractivity contribution in [2.24, 2.45) is 0 Å². The molecule has 0 spiro atoms. The quantitative estimate of drug-likeness (QED) is 0.537. The molecule has 5 heteroatoms. The van der Waals surface area contributed by atoms with E-state index in [9.17, 15) is 0 Å². The van der Waals surface area contributed by atoms with Crippen molar-refractivity contribution in [3.05, 3.63) is 36.4 Å². The summed E-state index contributed by atoms with van der Waals surface area (Å²) in [5.74, 6) is 1.79. The van der Waals surface area contributed by atoms with Gasteiger partial charge < -0.3 is 15.0 Å². The fourth-order valence-electron chi connectivity index (χ4n) is 4.06. The molecule has 0 saturated carbocycles. The first kappa shape index (κ1) is 21.6. The number of rotatable bonds is 11. The lowest BCUT2D eigenvalue weighted by Gasteiger charge is -2.34. The first-order valence-electron chi connectivity index (χ1n) is 11.3. The normalized spacial score (nSPS) is 16.8. The Labute approximate surface area is 175 Å². The highest BCUT2D eigenvalue weighted by atomic mass is 16.5. The number of hydrogen-bond acceptors (Lipinski definition) is 5. The Bertz CT molecular complexity index is 719. The van der Waals surface area contributed by atoms with E-state index >= 15 is 0 Å². The summed E-state index contributed by atoms with van der Waals surface area (Å²) in [7, 11) is 1.69. The van der Waals surface area contributed by atoms with Crippen LogP contribution in [0.5, 0.6) is 5.75 Å². The van der Waals surface area contributed by atoms with Crippen LogP contribution in [0.15, 0.2) is 36.4 Å². The molecule has 1 unspecified atom stereocenters. The molecule has 3 rings (SSSR count). The minimum absolute atomic E-state index is 0.551. The summed E-state index contributed by atoms with van der Waals surface area (Å²) in [6.45, 7) is 5.46. The largest absolute Gasteiger partial charge is 0.496 e. The van der Waals surface area contributed by atoms with Gasteiger partial charge in [0, 0.05) is 24.7 Å². The number of para-hydroxylation sites is 1. The molecular formula is C24H36N4O. The highest BCUT2D eigenvalue weighted by Gasteiger charge is 2.21. The number of methoxy groups -OCH3 is 1. The van der Waals surface area contributed by atoms with Crippen molar-refractivity contribution in [1.82, 2.24) is 15.5 Å². The van der Waals surface area contributed by atoms with Crippen molar-refractivity contribution in [1.29, 1.82) is 0 Å². The van der Waals surface area contributed by atoms with Gasteiger partial charge in [-0.2, -0.15) is 0 Å². The molecule has 1 atom stereocenters. The van der Waals surface area contributed by atoms with E-state index in [1.54, 1.807) is 7.11 Å². The predicted molar refractivity (Wildman–Crippen MR) is 121 cm³/mol. The third-order valence-corrected chi connectivity index (χ3v) is 5.74. The van der Waals surface area contributed by atoms with Gasteiger partial charge in [-0.1, -0.05) is 51.2 Å². The Morgan fingerprint density at radius 1 is 1.03 bits per heavy atom. The number of nitrogens with zero attached hydrogens (tertiary/aromatic N) is 3. The fourth-order valence-corrected chi connectivity index (χ4v) is 4.06. The summed E-state index contributed by atoms with van der Waals surface area (Å²) in [6.07, 6.45) is 10.5. The van der Waals surface area contributed by atoms with E-state index < -0.39 is 0 Å². The smallest absolute Gasteiger partial charge is 0.151 e. The molecule has 1 N–H and O–H groups in total. The number of aromatic nitrogens is 2. The molecule has 1 aliphatic heterocycles. The maximum atomic E-state index is 5.45. The number of hydrogen-bond donors (Lipinski definition) is 1. The van der Waals surface area contributed by atoms with Crippen molar-refractivity contribution >= 4 is 5.82 Å². The lowest BCUT2D eigenvalue weighted by Crippen LogP contribution is -2.46. The monoisotopic (exact) mass is 396 g/mol. The van der Waals surface area contributed by atoms with E-state index in [2.05, 4.69) is 33.4 Å². The molecule has 0 bridgehead atoms. The standard InChI is InChI=1S/C24H36N4O/c1-3-4-5-6-7-10-17-25-20-12-11-18-28(19-20)24-16-15-22(26-27-24)21-13-8-9-14-23(21)29-2/h8-9,13-16,20,25H,3-7,10-12,17-19H2,1-2H3. The van der Waals surface area contributed by atoms with Crippen LogP contribution in [0.1, 0.15) is 58.3 Å². The zero-order valence-electron chi connectivity index (χ0n) is 18.1. The van der Waals surface area contributed by atoms with E-state index in [1.165, 1.54) is 51.4 Å². The minimum atomic E-state index is 0.551. The molecule has 2 heterocycles. The highest BCUT2D eigenvalue weighted by Crippen LogP contribution is 2.28. The van der Waals surface area contributed by atoms with Crippen LogP contribution in [0, 0.1) is 0 Å². The average molecular weight is 397 g/mol. The lowest BCUT2D eigenvalue weighted by molar-refractivity contribution is 0.413. The number of anilines is 1. The minimum Gasteiger partial charge on any atom is -0.496 e. The molecule has 0 radical (unpaired) electrons. The third-order valence-electron chi connectivity index (χ3n) is 5.74. The molecule has 1 aliphatic rings. The summed E-state index contributed by atoms with van der Waals surface area (Å²) < 4.78 is 5.45. The number of benzene rings is 1. The highest BCUT2D eigenvalue weighted by molar-refractivity contribution is 5.67. The van der Waals surface area contributed by atoms with Crippen LogP contribution in [0.4, 0.5) is 5.82 Å². The molecular weight excluding hydrogens is 360 g/mol. The first-order chi connectivity index (χ1) is 14.3. The molecule has 1 aromatic heterocycles. The number of piperidine rings is 1. The maximum Gasteiger partial charge on any atom is 0.151 e. The third kappa shape index (κ3) is 6.43. The topological polar surface area (TPSA) is 50.3 Å². The lowest BCUT2D eigenvalue weighted by atomic mass is 10.0. The van der Waals surface area contributed by atoms with Crippen LogP contribution in [-0.2, 0) is 0 Å². The Kier molecular flexibility index (Phi) is 8.75. The van der Waals surface area contributed by atoms with Gasteiger partial charge in [0.1, 0.15) is 5.75 Å². The van der Waals surface area contributed by atoms with Crippen LogP contribution in [0.25, 0.3) is 11.3 Å². The van der Waals surface area contributed by atoms with E-state index in [0.717, 1.165) is 42.5 Å². The summed E-state index contributed by atoms with van der Waals surface area (Å²) in [5, 5.41) is 12.8. The summed E-state index contributed by atoms with van der Waals surface area (Å²) >= 11 is 0. The van der Waals surface area contributed by atoms with Crippen molar-refractivity contribution in [2.45, 2.75) is 64.3 Å². The second-order valence-electron chi connectivity index (χ2n) is 7.98. The SMILES string of the molecule is CCCCCCCCNC1CCCN(c2ccc(-c3ccccc3OC)nn2)C1.